The van der Waals surface area contributed by atoms with Gasteiger partial charge in [0.1, 0.15) is 0 Å². The number of morpholine rings is 1. The molecule has 4 rings (SSSR count). The number of ether oxygens (including phenoxy) is 1. The molecule has 0 atom stereocenters. The number of hydrogen-bond donors (Lipinski definition) is 3. The fourth-order valence-electron chi connectivity index (χ4n) is 3.68. The summed E-state index contributed by atoms with van der Waals surface area (Å²) in [6.07, 6.45) is 4.65. The van der Waals surface area contributed by atoms with Crippen LogP contribution in [0.5, 0.6) is 0 Å². The predicted molar refractivity (Wildman–Crippen MR) is 151 cm³/mol. The summed E-state index contributed by atoms with van der Waals surface area (Å²) in [7, 11) is 0. The Hall–Kier alpha value is -4.32. The number of carbonyl (C=O) groups excluding carboxylic acids is 3. The monoisotopic (exact) mass is 538 g/mol. The fourth-order valence-corrected chi connectivity index (χ4v) is 3.68. The van der Waals surface area contributed by atoms with E-state index >= 15 is 0 Å². The van der Waals surface area contributed by atoms with E-state index in [0.29, 0.717) is 43.5 Å². The number of carbonyl (C=O) groups is 3. The first-order valence-corrected chi connectivity index (χ1v) is 12.9. The average molecular weight is 539 g/mol. The zero-order valence-corrected chi connectivity index (χ0v) is 22.7. The molecule has 3 heterocycles. The number of anilines is 3. The van der Waals surface area contributed by atoms with Crippen molar-refractivity contribution < 1.29 is 19.1 Å². The van der Waals surface area contributed by atoms with E-state index in [-0.39, 0.29) is 23.0 Å². The number of piperidine rings is 1. The summed E-state index contributed by atoms with van der Waals surface area (Å²) in [5.74, 6) is -0.526. The van der Waals surface area contributed by atoms with Gasteiger partial charge in [0.2, 0.25) is 11.9 Å². The van der Waals surface area contributed by atoms with Crippen molar-refractivity contribution in [2.24, 2.45) is 11.5 Å². The van der Waals surface area contributed by atoms with Gasteiger partial charge >= 0.3 is 0 Å². The van der Waals surface area contributed by atoms with Gasteiger partial charge in [-0.1, -0.05) is 33.1 Å². The van der Waals surface area contributed by atoms with Crippen molar-refractivity contribution in [2.45, 2.75) is 33.1 Å². The first-order valence-electron chi connectivity index (χ1n) is 12.9. The van der Waals surface area contributed by atoms with Gasteiger partial charge in [-0.25, -0.2) is 0 Å². The maximum atomic E-state index is 12.6. The van der Waals surface area contributed by atoms with Crippen molar-refractivity contribution in [3.05, 3.63) is 60.3 Å². The second-order valence-corrected chi connectivity index (χ2v) is 8.42. The number of nitrogens with zero attached hydrogens (tertiary/aromatic N) is 5. The lowest BCUT2D eigenvalue weighted by molar-refractivity contribution is -0.114. The van der Waals surface area contributed by atoms with Gasteiger partial charge in [-0.2, -0.15) is 4.98 Å². The van der Waals surface area contributed by atoms with Gasteiger partial charge in [0.25, 0.3) is 11.8 Å². The lowest BCUT2D eigenvalue weighted by atomic mass is 10.1. The molecule has 210 valence electrons. The number of benzene rings is 1. The third-order valence-electron chi connectivity index (χ3n) is 5.80. The standard InChI is InChI=1S/C20H25N7O3.C5H7NO.C2H6/c21-17(28)16-18(23-20(25-24-16)27-8-2-1-3-9-27)22-15-6-4-14(5-7-15)19(29)26-10-12-30-13-11-26;1-3-4(2)5(6)7;1-2/h4-7H,1-3,8-13H2,(H2,21,28)(H,22,23,25);3H,1-2H2,(H2,6,7);1-2H3. The topological polar surface area (TPSA) is 170 Å². The Balaban J connectivity index is 0.000000517. The lowest BCUT2D eigenvalue weighted by Crippen LogP contribution is -2.40. The molecule has 12 heteroatoms. The molecule has 2 aromatic rings. The molecule has 2 aliphatic rings. The molecular weight excluding hydrogens is 500 g/mol. The molecule has 2 fully saturated rings. The molecule has 39 heavy (non-hydrogen) atoms. The summed E-state index contributed by atoms with van der Waals surface area (Å²) in [6.45, 7) is 14.6. The number of amides is 3. The fraction of sp³-hybridized carbons (Fsp3) is 0.407. The van der Waals surface area contributed by atoms with Gasteiger partial charge in [-0.15, -0.1) is 10.2 Å². The third kappa shape index (κ3) is 9.18. The first-order chi connectivity index (χ1) is 18.8. The second-order valence-electron chi connectivity index (χ2n) is 8.42. The number of nitrogens with one attached hydrogen (secondary N) is 1. The quantitative estimate of drug-likeness (QED) is 0.354. The minimum atomic E-state index is -0.707. The van der Waals surface area contributed by atoms with Crippen LogP contribution in [0.4, 0.5) is 17.5 Å². The molecule has 0 unspecified atom stereocenters. The smallest absolute Gasteiger partial charge is 0.273 e. The number of rotatable bonds is 7. The molecule has 2 saturated heterocycles. The summed E-state index contributed by atoms with van der Waals surface area (Å²) in [4.78, 5) is 42.7. The second kappa shape index (κ2) is 15.8. The van der Waals surface area contributed by atoms with Crippen LogP contribution >= 0.6 is 0 Å². The Labute approximate surface area is 229 Å². The van der Waals surface area contributed by atoms with Crippen molar-refractivity contribution in [2.75, 3.05) is 49.6 Å². The van der Waals surface area contributed by atoms with Crippen LogP contribution in [-0.4, -0.2) is 77.2 Å². The summed E-state index contributed by atoms with van der Waals surface area (Å²) < 4.78 is 5.29. The Morgan fingerprint density at radius 3 is 2.10 bits per heavy atom. The van der Waals surface area contributed by atoms with Gasteiger partial charge in [0.15, 0.2) is 11.5 Å². The van der Waals surface area contributed by atoms with Crippen LogP contribution in [0.3, 0.4) is 0 Å². The van der Waals surface area contributed by atoms with E-state index in [1.807, 2.05) is 13.8 Å². The van der Waals surface area contributed by atoms with Gasteiger partial charge in [0, 0.05) is 43.0 Å². The highest BCUT2D eigenvalue weighted by atomic mass is 16.5. The van der Waals surface area contributed by atoms with E-state index < -0.39 is 11.8 Å². The molecule has 0 aliphatic carbocycles. The lowest BCUT2D eigenvalue weighted by Gasteiger charge is -2.27. The Morgan fingerprint density at radius 1 is 0.974 bits per heavy atom. The zero-order chi connectivity index (χ0) is 28.8. The molecule has 0 saturated carbocycles. The Kier molecular flexibility index (Phi) is 12.5. The maximum Gasteiger partial charge on any atom is 0.273 e. The summed E-state index contributed by atoms with van der Waals surface area (Å²) in [6, 6.07) is 7.01. The van der Waals surface area contributed by atoms with Crippen LogP contribution in [0.1, 0.15) is 54.0 Å². The van der Waals surface area contributed by atoms with Gasteiger partial charge in [-0.05, 0) is 43.5 Å². The van der Waals surface area contributed by atoms with E-state index in [1.165, 1.54) is 12.5 Å². The summed E-state index contributed by atoms with van der Waals surface area (Å²) >= 11 is 0. The Bertz CT molecular complexity index is 1140. The van der Waals surface area contributed by atoms with E-state index in [4.69, 9.17) is 16.2 Å². The molecule has 1 aromatic heterocycles. The molecule has 2 aliphatic heterocycles. The largest absolute Gasteiger partial charge is 0.378 e. The minimum absolute atomic E-state index is 0.0239. The number of aromatic nitrogens is 3. The first kappa shape index (κ1) is 30.9. The van der Waals surface area contributed by atoms with Gasteiger partial charge < -0.3 is 31.3 Å². The maximum absolute atomic E-state index is 12.6. The number of hydrogen-bond acceptors (Lipinski definition) is 9. The van der Waals surface area contributed by atoms with Crippen LogP contribution < -0.4 is 21.7 Å². The normalized spacial score (nSPS) is 14.5. The van der Waals surface area contributed by atoms with Crippen molar-refractivity contribution in [3.63, 3.8) is 0 Å². The van der Waals surface area contributed by atoms with Crippen LogP contribution in [0.25, 0.3) is 0 Å². The zero-order valence-electron chi connectivity index (χ0n) is 22.7. The predicted octanol–water partition coefficient (Wildman–Crippen LogP) is 2.42. The average Bonchev–Trinajstić information content (AvgIpc) is 2.98. The van der Waals surface area contributed by atoms with E-state index in [9.17, 15) is 14.4 Å². The Morgan fingerprint density at radius 2 is 1.59 bits per heavy atom. The summed E-state index contributed by atoms with van der Waals surface area (Å²) in [5.41, 5.74) is 11.7. The minimum Gasteiger partial charge on any atom is -0.378 e. The van der Waals surface area contributed by atoms with Crippen LogP contribution in [0.2, 0.25) is 0 Å². The van der Waals surface area contributed by atoms with Crippen molar-refractivity contribution in [1.82, 2.24) is 20.1 Å². The molecule has 12 nitrogen and oxygen atoms in total. The van der Waals surface area contributed by atoms with Crippen LogP contribution in [-0.2, 0) is 9.53 Å². The number of primary amides is 2. The van der Waals surface area contributed by atoms with E-state index in [1.54, 1.807) is 29.2 Å². The summed E-state index contributed by atoms with van der Waals surface area (Å²) in [5, 5.41) is 11.2. The highest BCUT2D eigenvalue weighted by Crippen LogP contribution is 2.22. The van der Waals surface area contributed by atoms with E-state index in [2.05, 4.69) is 38.6 Å². The molecule has 3 amide bonds. The van der Waals surface area contributed by atoms with Crippen molar-refractivity contribution in [1.29, 1.82) is 0 Å². The molecular formula is C27H38N8O4. The molecule has 1 aromatic carbocycles. The highest BCUT2D eigenvalue weighted by Gasteiger charge is 2.21. The highest BCUT2D eigenvalue weighted by molar-refractivity contribution is 5.97. The van der Waals surface area contributed by atoms with Crippen LogP contribution in [0, 0.1) is 0 Å². The van der Waals surface area contributed by atoms with Gasteiger partial charge in [0.05, 0.1) is 13.2 Å². The van der Waals surface area contributed by atoms with Crippen LogP contribution in [0.15, 0.2) is 49.1 Å². The molecule has 0 bridgehead atoms. The number of nitrogens with two attached hydrogens (primary N) is 2. The van der Waals surface area contributed by atoms with Crippen molar-refractivity contribution in [3.8, 4) is 0 Å². The van der Waals surface area contributed by atoms with Crippen molar-refractivity contribution >= 4 is 35.2 Å². The SMILES string of the molecule is C=CC(=C)C(N)=O.CC.NC(=O)c1nnc(N2CCCCC2)nc1Nc1ccc(C(=O)N2CCOCC2)cc1. The van der Waals surface area contributed by atoms with E-state index in [0.717, 1.165) is 25.9 Å². The molecule has 0 radical (unpaired) electrons. The van der Waals surface area contributed by atoms with Gasteiger partial charge in [-0.3, -0.25) is 14.4 Å². The molecule has 0 spiro atoms. The third-order valence-corrected chi connectivity index (χ3v) is 5.80. The molecule has 5 N–H and O–H groups in total.